The normalized spacial score (nSPS) is 15.7. The average molecular weight is 503 g/mol. The summed E-state index contributed by atoms with van der Waals surface area (Å²) in [5.41, 5.74) is 1.10. The van der Waals surface area contributed by atoms with Crippen LogP contribution in [-0.4, -0.2) is 32.3 Å². The molecule has 1 aliphatic rings. The Labute approximate surface area is 180 Å². The molecule has 1 heterocycles. The smallest absolute Gasteiger partial charge is 0.191 e. The topological polar surface area (TPSA) is 54.9 Å². The maximum Gasteiger partial charge on any atom is 0.191 e. The quantitative estimate of drug-likeness (QED) is 0.271. The van der Waals surface area contributed by atoms with Crippen LogP contribution in [0.3, 0.4) is 0 Å². The van der Waals surface area contributed by atoms with E-state index in [4.69, 9.17) is 9.47 Å². The third kappa shape index (κ3) is 5.95. The van der Waals surface area contributed by atoms with Gasteiger partial charge in [-0.05, 0) is 25.1 Å². The molecule has 0 aromatic heterocycles. The molecule has 5 nitrogen and oxygen atoms in total. The molecule has 28 heavy (non-hydrogen) atoms. The van der Waals surface area contributed by atoms with Gasteiger partial charge in [-0.2, -0.15) is 0 Å². The number of hydrogen-bond acceptors (Lipinski definition) is 3. The monoisotopic (exact) mass is 503 g/mol. The molecule has 0 saturated heterocycles. The number of rotatable bonds is 6. The summed E-state index contributed by atoms with van der Waals surface area (Å²) in [5.74, 6) is 0.0206. The number of fused-ring (bicyclic) bond motifs is 1. The van der Waals surface area contributed by atoms with E-state index < -0.39 is 11.6 Å². The van der Waals surface area contributed by atoms with Crippen LogP contribution in [0.15, 0.2) is 47.5 Å². The molecule has 1 aliphatic heterocycles. The van der Waals surface area contributed by atoms with Gasteiger partial charge in [-0.25, -0.2) is 13.8 Å². The Morgan fingerprint density at radius 3 is 2.82 bits per heavy atom. The second-order valence-corrected chi connectivity index (χ2v) is 6.06. The first-order chi connectivity index (χ1) is 13.2. The van der Waals surface area contributed by atoms with Crippen molar-refractivity contribution in [2.45, 2.75) is 19.4 Å². The highest BCUT2D eigenvalue weighted by molar-refractivity contribution is 14.0. The number of aliphatic imine (C=N–C) groups is 1. The minimum Gasteiger partial charge on any atom is -0.493 e. The zero-order valence-electron chi connectivity index (χ0n) is 15.6. The fourth-order valence-electron chi connectivity index (χ4n) is 2.86. The van der Waals surface area contributed by atoms with Crippen molar-refractivity contribution in [3.05, 3.63) is 59.7 Å². The van der Waals surface area contributed by atoms with Crippen LogP contribution in [0.2, 0.25) is 0 Å². The minimum atomic E-state index is -0.927. The fourth-order valence-corrected chi connectivity index (χ4v) is 2.86. The van der Waals surface area contributed by atoms with Crippen LogP contribution in [-0.2, 0) is 0 Å². The standard InChI is InChI=1S/C20H23F2N3O2.HI/c1-2-23-20(24-10-12-26-14-7-8-16(21)17(22)13-14)25-18-9-11-27-19-6-4-3-5-15(18)19;/h3-8,13,18H,2,9-12H2,1H3,(H2,23,24,25);1H. The molecule has 0 fully saturated rings. The van der Waals surface area contributed by atoms with Crippen molar-refractivity contribution in [1.82, 2.24) is 10.6 Å². The first-order valence-corrected chi connectivity index (χ1v) is 9.02. The Morgan fingerprint density at radius 1 is 1.21 bits per heavy atom. The maximum absolute atomic E-state index is 13.2. The van der Waals surface area contributed by atoms with Crippen molar-refractivity contribution < 1.29 is 18.3 Å². The molecule has 3 rings (SSSR count). The molecule has 152 valence electrons. The van der Waals surface area contributed by atoms with E-state index in [9.17, 15) is 8.78 Å². The third-order valence-electron chi connectivity index (χ3n) is 4.13. The Balaban J connectivity index is 0.00000280. The summed E-state index contributed by atoms with van der Waals surface area (Å²) in [6.07, 6.45) is 0.840. The van der Waals surface area contributed by atoms with Crippen LogP contribution in [0.5, 0.6) is 11.5 Å². The lowest BCUT2D eigenvalue weighted by Crippen LogP contribution is -2.41. The van der Waals surface area contributed by atoms with E-state index in [-0.39, 0.29) is 42.4 Å². The van der Waals surface area contributed by atoms with Gasteiger partial charge < -0.3 is 20.1 Å². The van der Waals surface area contributed by atoms with Crippen LogP contribution in [0, 0.1) is 11.6 Å². The number of halogens is 3. The highest BCUT2D eigenvalue weighted by atomic mass is 127. The molecule has 0 aliphatic carbocycles. The van der Waals surface area contributed by atoms with Gasteiger partial charge in [0.2, 0.25) is 0 Å². The molecule has 1 unspecified atom stereocenters. The number of hydrogen-bond donors (Lipinski definition) is 2. The van der Waals surface area contributed by atoms with Gasteiger partial charge >= 0.3 is 0 Å². The minimum absolute atomic E-state index is 0. The number of ether oxygens (including phenoxy) is 2. The van der Waals surface area contributed by atoms with Gasteiger partial charge in [-0.3, -0.25) is 0 Å². The Kier molecular flexibility index (Phi) is 8.75. The van der Waals surface area contributed by atoms with Crippen molar-refractivity contribution in [3.63, 3.8) is 0 Å². The lowest BCUT2D eigenvalue weighted by Gasteiger charge is -2.28. The summed E-state index contributed by atoms with van der Waals surface area (Å²) >= 11 is 0. The van der Waals surface area contributed by atoms with Gasteiger partial charge in [0.05, 0.1) is 19.2 Å². The number of guanidine groups is 1. The average Bonchev–Trinajstić information content (AvgIpc) is 2.68. The first kappa shape index (κ1) is 22.2. The van der Waals surface area contributed by atoms with Crippen molar-refractivity contribution in [2.24, 2.45) is 4.99 Å². The van der Waals surface area contributed by atoms with Gasteiger partial charge in [0.1, 0.15) is 18.1 Å². The summed E-state index contributed by atoms with van der Waals surface area (Å²) in [4.78, 5) is 4.50. The SMILES string of the molecule is CCNC(=NCCOc1ccc(F)c(F)c1)NC1CCOc2ccccc21.I. The summed E-state index contributed by atoms with van der Waals surface area (Å²) in [6, 6.07) is 11.5. The first-order valence-electron chi connectivity index (χ1n) is 9.02. The van der Waals surface area contributed by atoms with E-state index in [1.807, 2.05) is 31.2 Å². The van der Waals surface area contributed by atoms with Gasteiger partial charge in [-0.15, -0.1) is 24.0 Å². The Hall–Kier alpha value is -2.10. The van der Waals surface area contributed by atoms with Crippen molar-refractivity contribution in [3.8, 4) is 11.5 Å². The van der Waals surface area contributed by atoms with Crippen molar-refractivity contribution in [1.29, 1.82) is 0 Å². The molecular weight excluding hydrogens is 479 g/mol. The predicted molar refractivity (Wildman–Crippen MR) is 116 cm³/mol. The van der Waals surface area contributed by atoms with Crippen LogP contribution < -0.4 is 20.1 Å². The third-order valence-corrected chi connectivity index (χ3v) is 4.13. The van der Waals surface area contributed by atoms with Gasteiger partial charge in [0.25, 0.3) is 0 Å². The zero-order valence-corrected chi connectivity index (χ0v) is 17.9. The second kappa shape index (κ2) is 11.0. The molecule has 2 aromatic carbocycles. The number of para-hydroxylation sites is 1. The summed E-state index contributed by atoms with van der Waals surface area (Å²) in [7, 11) is 0. The largest absolute Gasteiger partial charge is 0.493 e. The maximum atomic E-state index is 13.2. The molecule has 8 heteroatoms. The van der Waals surface area contributed by atoms with Crippen LogP contribution >= 0.6 is 24.0 Å². The van der Waals surface area contributed by atoms with Gasteiger partial charge in [0.15, 0.2) is 17.6 Å². The van der Waals surface area contributed by atoms with Crippen LogP contribution in [0.25, 0.3) is 0 Å². The molecule has 1 atom stereocenters. The van der Waals surface area contributed by atoms with Gasteiger partial charge in [-0.1, -0.05) is 18.2 Å². The molecule has 0 spiro atoms. The summed E-state index contributed by atoms with van der Waals surface area (Å²) < 4.78 is 37.2. The van der Waals surface area contributed by atoms with E-state index in [1.54, 1.807) is 0 Å². The molecule has 0 amide bonds. The molecule has 2 N–H and O–H groups in total. The van der Waals surface area contributed by atoms with Crippen molar-refractivity contribution >= 4 is 29.9 Å². The summed E-state index contributed by atoms with van der Waals surface area (Å²) in [5, 5.41) is 6.63. The van der Waals surface area contributed by atoms with E-state index in [2.05, 4.69) is 15.6 Å². The Bertz CT molecular complexity index is 805. The highest BCUT2D eigenvalue weighted by Gasteiger charge is 2.21. The van der Waals surface area contributed by atoms with E-state index in [1.165, 1.54) is 6.07 Å². The molecular formula is C20H24F2IN3O2. The number of nitrogens with one attached hydrogen (secondary N) is 2. The lowest BCUT2D eigenvalue weighted by atomic mass is 10.0. The zero-order chi connectivity index (χ0) is 19.1. The molecule has 0 bridgehead atoms. The van der Waals surface area contributed by atoms with Crippen molar-refractivity contribution in [2.75, 3.05) is 26.3 Å². The van der Waals surface area contributed by atoms with Gasteiger partial charge in [0, 0.05) is 24.6 Å². The van der Waals surface area contributed by atoms with Crippen LogP contribution in [0.4, 0.5) is 8.78 Å². The van der Waals surface area contributed by atoms with Crippen LogP contribution in [0.1, 0.15) is 24.9 Å². The molecule has 2 aromatic rings. The fraction of sp³-hybridized carbons (Fsp3) is 0.350. The van der Waals surface area contributed by atoms with E-state index in [0.717, 1.165) is 36.4 Å². The molecule has 0 radical (unpaired) electrons. The Morgan fingerprint density at radius 2 is 2.04 bits per heavy atom. The number of nitrogens with zero attached hydrogens (tertiary/aromatic N) is 1. The number of benzene rings is 2. The summed E-state index contributed by atoms with van der Waals surface area (Å²) in [6.45, 7) is 3.99. The highest BCUT2D eigenvalue weighted by Crippen LogP contribution is 2.31. The van der Waals surface area contributed by atoms with E-state index >= 15 is 0 Å². The molecule has 0 saturated carbocycles. The lowest BCUT2D eigenvalue weighted by molar-refractivity contribution is 0.261. The van der Waals surface area contributed by atoms with E-state index in [0.29, 0.717) is 19.1 Å². The second-order valence-electron chi connectivity index (χ2n) is 6.06. The predicted octanol–water partition coefficient (Wildman–Crippen LogP) is 4.04.